The Morgan fingerprint density at radius 1 is 1.05 bits per heavy atom. The van der Waals surface area contributed by atoms with Gasteiger partial charge in [-0.15, -0.1) is 0 Å². The molecule has 1 saturated heterocycles. The first-order chi connectivity index (χ1) is 18.7. The van der Waals surface area contributed by atoms with Crippen LogP contribution in [0.25, 0.3) is 5.69 Å². The van der Waals surface area contributed by atoms with Gasteiger partial charge in [-0.1, -0.05) is 32.1 Å². The molecule has 1 aromatic carbocycles. The fourth-order valence-corrected chi connectivity index (χ4v) is 7.33. The zero-order chi connectivity index (χ0) is 29.3. The third kappa shape index (κ3) is 7.28. The van der Waals surface area contributed by atoms with Crippen LogP contribution < -0.4 is 10.0 Å². The predicted octanol–water partition coefficient (Wildman–Crippen LogP) is 5.91. The molecule has 1 amide bonds. The number of carbonyl (C=O) groups is 1. The summed E-state index contributed by atoms with van der Waals surface area (Å²) in [6.45, 7) is 7.68. The van der Waals surface area contributed by atoms with Gasteiger partial charge in [0.25, 0.3) is 5.91 Å². The highest BCUT2D eigenvalue weighted by Crippen LogP contribution is 2.37. The Hall–Kier alpha value is -2.37. The van der Waals surface area contributed by atoms with Crippen molar-refractivity contribution in [1.29, 1.82) is 0 Å². The molecule has 1 saturated carbocycles. The first-order valence-electron chi connectivity index (χ1n) is 14.0. The molecule has 1 aliphatic carbocycles. The monoisotopic (exact) mass is 583 g/mol. The SMILES string of the molecule is Cc1c(C(=O)NC2CCOCC2)cn(-c2ccc(S(=O)(=O)NC(C)(C)C)c(C(F)(F)F)c2)c1CC1CCCCC1. The van der Waals surface area contributed by atoms with E-state index in [1.807, 2.05) is 6.92 Å². The average Bonchev–Trinajstić information content (AvgIpc) is 3.19. The Labute approximate surface area is 234 Å². The summed E-state index contributed by atoms with van der Waals surface area (Å²) in [5, 5.41) is 3.06. The minimum absolute atomic E-state index is 0.0255. The van der Waals surface area contributed by atoms with Gasteiger partial charge in [0.15, 0.2) is 0 Å². The van der Waals surface area contributed by atoms with Crippen molar-refractivity contribution in [1.82, 2.24) is 14.6 Å². The molecule has 0 spiro atoms. The molecular weight excluding hydrogens is 543 g/mol. The summed E-state index contributed by atoms with van der Waals surface area (Å²) in [4.78, 5) is 12.5. The lowest BCUT2D eigenvalue weighted by atomic mass is 9.85. The number of amides is 1. The number of alkyl halides is 3. The minimum atomic E-state index is -4.91. The summed E-state index contributed by atoms with van der Waals surface area (Å²) in [5.74, 6) is 0.0999. The Kier molecular flexibility index (Phi) is 9.06. The van der Waals surface area contributed by atoms with Crippen LogP contribution in [0.3, 0.4) is 0 Å². The molecule has 0 bridgehead atoms. The maximum atomic E-state index is 14.3. The van der Waals surface area contributed by atoms with Crippen LogP contribution in [0, 0.1) is 12.8 Å². The smallest absolute Gasteiger partial charge is 0.381 e. The van der Waals surface area contributed by atoms with Gasteiger partial charge in [-0.05, 0) is 76.6 Å². The van der Waals surface area contributed by atoms with Gasteiger partial charge in [0.2, 0.25) is 10.0 Å². The summed E-state index contributed by atoms with van der Waals surface area (Å²) < 4.78 is 78.1. The molecule has 222 valence electrons. The molecule has 1 aliphatic heterocycles. The van der Waals surface area contributed by atoms with Gasteiger partial charge in [-0.3, -0.25) is 4.79 Å². The Morgan fingerprint density at radius 2 is 1.70 bits per heavy atom. The molecule has 4 rings (SSSR count). The average molecular weight is 584 g/mol. The van der Waals surface area contributed by atoms with Crippen LogP contribution in [0.4, 0.5) is 13.2 Å². The quantitative estimate of drug-likeness (QED) is 0.424. The van der Waals surface area contributed by atoms with Crippen molar-refractivity contribution in [2.45, 2.75) is 102 Å². The third-order valence-corrected chi connectivity index (χ3v) is 9.49. The number of halogens is 3. The standard InChI is InChI=1S/C29H40F3N3O4S/c1-19-23(27(36)33-21-12-14-39-15-13-21)18-35(25(19)16-20-8-6-5-7-9-20)22-10-11-26(24(17-22)29(30,31)32)40(37,38)34-28(2,3)4/h10-11,17-18,20-21,34H,5-9,12-16H2,1-4H3,(H,33,36). The van der Waals surface area contributed by atoms with E-state index in [0.717, 1.165) is 49.1 Å². The van der Waals surface area contributed by atoms with E-state index >= 15 is 0 Å². The lowest BCUT2D eigenvalue weighted by Crippen LogP contribution is -2.41. The normalized spacial score (nSPS) is 18.2. The van der Waals surface area contributed by atoms with E-state index in [9.17, 15) is 26.4 Å². The number of ether oxygens (including phenoxy) is 1. The summed E-state index contributed by atoms with van der Waals surface area (Å²) in [5.41, 5.74) is -0.115. The first kappa shape index (κ1) is 30.6. The van der Waals surface area contributed by atoms with Gasteiger partial charge in [-0.2, -0.15) is 13.2 Å². The maximum absolute atomic E-state index is 14.3. The number of aromatic nitrogens is 1. The van der Waals surface area contributed by atoms with E-state index in [0.29, 0.717) is 44.0 Å². The van der Waals surface area contributed by atoms with E-state index in [-0.39, 0.29) is 17.6 Å². The molecule has 2 heterocycles. The van der Waals surface area contributed by atoms with Crippen molar-refractivity contribution in [2.24, 2.45) is 5.92 Å². The Morgan fingerprint density at radius 3 is 2.30 bits per heavy atom. The number of benzene rings is 1. The molecule has 0 radical (unpaired) electrons. The van der Waals surface area contributed by atoms with Gasteiger partial charge in [0, 0.05) is 42.4 Å². The van der Waals surface area contributed by atoms with Gasteiger partial charge in [0.05, 0.1) is 16.0 Å². The van der Waals surface area contributed by atoms with Gasteiger partial charge < -0.3 is 14.6 Å². The summed E-state index contributed by atoms with van der Waals surface area (Å²) in [6.07, 6.45) is 4.15. The van der Waals surface area contributed by atoms with Crippen molar-refractivity contribution in [3.8, 4) is 5.69 Å². The molecule has 2 fully saturated rings. The number of sulfonamides is 1. The lowest BCUT2D eigenvalue weighted by Gasteiger charge is -2.24. The summed E-state index contributed by atoms with van der Waals surface area (Å²) >= 11 is 0. The van der Waals surface area contributed by atoms with Crippen molar-refractivity contribution in [2.75, 3.05) is 13.2 Å². The second-order valence-electron chi connectivity index (χ2n) is 12.1. The van der Waals surface area contributed by atoms with E-state index in [1.165, 1.54) is 12.5 Å². The lowest BCUT2D eigenvalue weighted by molar-refractivity contribution is -0.139. The molecule has 7 nitrogen and oxygen atoms in total. The van der Waals surface area contributed by atoms with Gasteiger partial charge >= 0.3 is 6.18 Å². The fraction of sp³-hybridized carbons (Fsp3) is 0.621. The Bertz CT molecular complexity index is 1320. The minimum Gasteiger partial charge on any atom is -0.381 e. The molecular formula is C29H40F3N3O4S. The second kappa shape index (κ2) is 11.9. The first-order valence-corrected chi connectivity index (χ1v) is 15.5. The summed E-state index contributed by atoms with van der Waals surface area (Å²) in [6, 6.07) is 3.24. The predicted molar refractivity (Wildman–Crippen MR) is 147 cm³/mol. The van der Waals surface area contributed by atoms with Gasteiger partial charge in [0.1, 0.15) is 0 Å². The molecule has 1 aromatic heterocycles. The van der Waals surface area contributed by atoms with Gasteiger partial charge in [-0.25, -0.2) is 13.1 Å². The zero-order valence-electron chi connectivity index (χ0n) is 23.7. The topological polar surface area (TPSA) is 89.4 Å². The van der Waals surface area contributed by atoms with Crippen LogP contribution in [0.5, 0.6) is 0 Å². The van der Waals surface area contributed by atoms with Crippen molar-refractivity contribution < 1.29 is 31.1 Å². The number of hydrogen-bond acceptors (Lipinski definition) is 4. The van der Waals surface area contributed by atoms with E-state index in [1.54, 1.807) is 31.5 Å². The van der Waals surface area contributed by atoms with Crippen molar-refractivity contribution in [3.63, 3.8) is 0 Å². The number of carbonyl (C=O) groups excluding carboxylic acids is 1. The highest BCUT2D eigenvalue weighted by Gasteiger charge is 2.39. The molecule has 0 unspecified atom stereocenters. The number of nitrogens with one attached hydrogen (secondary N) is 2. The molecule has 11 heteroatoms. The second-order valence-corrected chi connectivity index (χ2v) is 13.7. The Balaban J connectivity index is 1.79. The van der Waals surface area contributed by atoms with E-state index in [4.69, 9.17) is 4.74 Å². The zero-order valence-corrected chi connectivity index (χ0v) is 24.5. The van der Waals surface area contributed by atoms with Crippen LogP contribution in [-0.2, 0) is 27.4 Å². The molecule has 0 atom stereocenters. The van der Waals surface area contributed by atoms with Crippen LogP contribution in [0.2, 0.25) is 0 Å². The highest BCUT2D eigenvalue weighted by atomic mass is 32.2. The van der Waals surface area contributed by atoms with Crippen molar-refractivity contribution >= 4 is 15.9 Å². The molecule has 2 N–H and O–H groups in total. The fourth-order valence-electron chi connectivity index (χ4n) is 5.70. The largest absolute Gasteiger partial charge is 0.417 e. The van der Waals surface area contributed by atoms with Crippen LogP contribution in [-0.4, -0.2) is 43.7 Å². The molecule has 2 aliphatic rings. The third-order valence-electron chi connectivity index (χ3n) is 7.67. The number of nitrogens with zero attached hydrogens (tertiary/aromatic N) is 1. The number of rotatable bonds is 7. The van der Waals surface area contributed by atoms with Crippen LogP contribution in [0.1, 0.15) is 92.9 Å². The van der Waals surface area contributed by atoms with Crippen LogP contribution in [0.15, 0.2) is 29.3 Å². The van der Waals surface area contributed by atoms with E-state index in [2.05, 4.69) is 10.0 Å². The molecule has 2 aromatic rings. The highest BCUT2D eigenvalue weighted by molar-refractivity contribution is 7.89. The molecule has 40 heavy (non-hydrogen) atoms. The van der Waals surface area contributed by atoms with Crippen LogP contribution >= 0.6 is 0 Å². The van der Waals surface area contributed by atoms with Crippen molar-refractivity contribution in [3.05, 3.63) is 46.8 Å². The summed E-state index contributed by atoms with van der Waals surface area (Å²) in [7, 11) is -4.45. The number of hydrogen-bond donors (Lipinski definition) is 2. The maximum Gasteiger partial charge on any atom is 0.417 e. The van der Waals surface area contributed by atoms with E-state index < -0.39 is 32.2 Å².